The van der Waals surface area contributed by atoms with Gasteiger partial charge in [0.25, 0.3) is 0 Å². The molecule has 0 unspecified atom stereocenters. The molecule has 108 valence electrons. The van der Waals surface area contributed by atoms with E-state index in [4.69, 9.17) is 0 Å². The minimum absolute atomic E-state index is 0.0121. The Morgan fingerprint density at radius 3 is 2.38 bits per heavy atom. The number of nitrogens with zero attached hydrogens (tertiary/aromatic N) is 1. The Hall–Kier alpha value is -2.29. The number of hydrogen-bond donors (Lipinski definition) is 1. The standard InChI is InChI=1S/C18H20N2O/c1-13-6-5-7-14(2)17(13)19-18(21)20-11-10-15-8-3-4-9-16(15)12-20/h3-9H,10-12H2,1-2H3,(H,19,21). The molecular formula is C18H20N2O. The maximum atomic E-state index is 12.5. The molecule has 0 bridgehead atoms. The summed E-state index contributed by atoms with van der Waals surface area (Å²) in [6.45, 7) is 5.50. The van der Waals surface area contributed by atoms with Crippen molar-refractivity contribution in [2.24, 2.45) is 0 Å². The van der Waals surface area contributed by atoms with Crippen LogP contribution in [-0.4, -0.2) is 17.5 Å². The van der Waals surface area contributed by atoms with Gasteiger partial charge < -0.3 is 10.2 Å². The van der Waals surface area contributed by atoms with Crippen molar-refractivity contribution in [3.63, 3.8) is 0 Å². The van der Waals surface area contributed by atoms with Crippen LogP contribution in [0, 0.1) is 13.8 Å². The highest BCUT2D eigenvalue weighted by molar-refractivity contribution is 5.91. The monoisotopic (exact) mass is 280 g/mol. The Bertz CT molecular complexity index is 658. The number of hydrogen-bond acceptors (Lipinski definition) is 1. The van der Waals surface area contributed by atoms with Gasteiger partial charge in [0.05, 0.1) is 0 Å². The highest BCUT2D eigenvalue weighted by Gasteiger charge is 2.21. The molecular weight excluding hydrogens is 260 g/mol. The van der Waals surface area contributed by atoms with Gasteiger partial charge in [0, 0.05) is 18.8 Å². The normalized spacial score (nSPS) is 13.7. The maximum absolute atomic E-state index is 12.5. The van der Waals surface area contributed by atoms with E-state index in [0.29, 0.717) is 6.54 Å². The largest absolute Gasteiger partial charge is 0.322 e. The number of anilines is 1. The fourth-order valence-corrected chi connectivity index (χ4v) is 2.87. The van der Waals surface area contributed by atoms with Gasteiger partial charge in [0.15, 0.2) is 0 Å². The first-order chi connectivity index (χ1) is 10.1. The summed E-state index contributed by atoms with van der Waals surface area (Å²) in [7, 11) is 0. The quantitative estimate of drug-likeness (QED) is 0.844. The Kier molecular flexibility index (Phi) is 3.65. The lowest BCUT2D eigenvalue weighted by Gasteiger charge is -2.29. The lowest BCUT2D eigenvalue weighted by atomic mass is 10.0. The summed E-state index contributed by atoms with van der Waals surface area (Å²) >= 11 is 0. The van der Waals surface area contributed by atoms with Gasteiger partial charge in [0.2, 0.25) is 0 Å². The molecule has 1 N–H and O–H groups in total. The molecule has 0 saturated carbocycles. The molecule has 0 spiro atoms. The van der Waals surface area contributed by atoms with E-state index < -0.39 is 0 Å². The number of carbonyl (C=O) groups is 1. The zero-order valence-corrected chi connectivity index (χ0v) is 12.5. The minimum atomic E-state index is -0.0121. The fraction of sp³-hybridized carbons (Fsp3) is 0.278. The third kappa shape index (κ3) is 2.77. The second-order valence-corrected chi connectivity index (χ2v) is 5.64. The minimum Gasteiger partial charge on any atom is -0.320 e. The average Bonchev–Trinajstić information content (AvgIpc) is 2.50. The Morgan fingerprint density at radius 2 is 1.67 bits per heavy atom. The van der Waals surface area contributed by atoms with Gasteiger partial charge in [-0.3, -0.25) is 0 Å². The van der Waals surface area contributed by atoms with Crippen LogP contribution in [-0.2, 0) is 13.0 Å². The van der Waals surface area contributed by atoms with Crippen molar-refractivity contribution in [3.05, 3.63) is 64.7 Å². The van der Waals surface area contributed by atoms with Crippen molar-refractivity contribution in [3.8, 4) is 0 Å². The molecule has 3 heteroatoms. The summed E-state index contributed by atoms with van der Waals surface area (Å²) in [6, 6.07) is 14.4. The number of fused-ring (bicyclic) bond motifs is 1. The number of carbonyl (C=O) groups excluding carboxylic acids is 1. The molecule has 3 nitrogen and oxygen atoms in total. The fourth-order valence-electron chi connectivity index (χ4n) is 2.87. The summed E-state index contributed by atoms with van der Waals surface area (Å²) in [5.41, 5.74) is 5.73. The smallest absolute Gasteiger partial charge is 0.320 e. The zero-order chi connectivity index (χ0) is 14.8. The molecule has 0 aromatic heterocycles. The third-order valence-corrected chi connectivity index (χ3v) is 4.13. The molecule has 0 fully saturated rings. The van der Waals surface area contributed by atoms with Crippen LogP contribution in [0.5, 0.6) is 0 Å². The SMILES string of the molecule is Cc1cccc(C)c1NC(=O)N1CCc2ccccc2C1. The van der Waals surface area contributed by atoms with Gasteiger partial charge in [-0.15, -0.1) is 0 Å². The zero-order valence-electron chi connectivity index (χ0n) is 12.5. The molecule has 2 aromatic rings. The highest BCUT2D eigenvalue weighted by atomic mass is 16.2. The van der Waals surface area contributed by atoms with Crippen molar-refractivity contribution < 1.29 is 4.79 Å². The second-order valence-electron chi connectivity index (χ2n) is 5.64. The summed E-state index contributed by atoms with van der Waals surface area (Å²) in [5.74, 6) is 0. The van der Waals surface area contributed by atoms with Crippen LogP contribution in [0.3, 0.4) is 0 Å². The first kappa shape index (κ1) is 13.7. The summed E-state index contributed by atoms with van der Waals surface area (Å²) in [5, 5.41) is 3.07. The predicted molar refractivity (Wildman–Crippen MR) is 85.5 cm³/mol. The summed E-state index contributed by atoms with van der Waals surface area (Å²) in [6.07, 6.45) is 0.927. The van der Waals surface area contributed by atoms with Gasteiger partial charge in [-0.05, 0) is 42.5 Å². The van der Waals surface area contributed by atoms with E-state index >= 15 is 0 Å². The lowest BCUT2D eigenvalue weighted by molar-refractivity contribution is 0.206. The second kappa shape index (κ2) is 5.60. The molecule has 1 aliphatic rings. The van der Waals surface area contributed by atoms with Gasteiger partial charge in [-0.1, -0.05) is 42.5 Å². The third-order valence-electron chi connectivity index (χ3n) is 4.13. The average molecular weight is 280 g/mol. The first-order valence-corrected chi connectivity index (χ1v) is 7.34. The van der Waals surface area contributed by atoms with Crippen molar-refractivity contribution in [2.45, 2.75) is 26.8 Å². The van der Waals surface area contributed by atoms with E-state index in [1.165, 1.54) is 11.1 Å². The maximum Gasteiger partial charge on any atom is 0.322 e. The number of benzene rings is 2. The number of nitrogens with one attached hydrogen (secondary N) is 1. The van der Waals surface area contributed by atoms with Crippen LogP contribution in [0.15, 0.2) is 42.5 Å². The Balaban J connectivity index is 1.76. The molecule has 0 saturated heterocycles. The van der Waals surface area contributed by atoms with E-state index in [2.05, 4.69) is 23.5 Å². The number of rotatable bonds is 1. The van der Waals surface area contributed by atoms with Gasteiger partial charge in [0.1, 0.15) is 0 Å². The number of amides is 2. The topological polar surface area (TPSA) is 32.3 Å². The van der Waals surface area contributed by atoms with E-state index in [1.54, 1.807) is 0 Å². The molecule has 1 aliphatic heterocycles. The first-order valence-electron chi connectivity index (χ1n) is 7.34. The molecule has 3 rings (SSSR count). The summed E-state index contributed by atoms with van der Waals surface area (Å²) < 4.78 is 0. The van der Waals surface area contributed by atoms with Crippen molar-refractivity contribution >= 4 is 11.7 Å². The molecule has 2 amide bonds. The van der Waals surface area contributed by atoms with Crippen LogP contribution in [0.2, 0.25) is 0 Å². The molecule has 0 aliphatic carbocycles. The number of para-hydroxylation sites is 1. The van der Waals surface area contributed by atoms with E-state index in [0.717, 1.165) is 29.8 Å². The van der Waals surface area contributed by atoms with E-state index in [9.17, 15) is 4.79 Å². The highest BCUT2D eigenvalue weighted by Crippen LogP contribution is 2.22. The van der Waals surface area contributed by atoms with Crippen molar-refractivity contribution in [2.75, 3.05) is 11.9 Å². The number of urea groups is 1. The van der Waals surface area contributed by atoms with Gasteiger partial charge in [-0.25, -0.2) is 4.79 Å². The van der Waals surface area contributed by atoms with Crippen molar-refractivity contribution in [1.29, 1.82) is 0 Å². The molecule has 0 atom stereocenters. The summed E-state index contributed by atoms with van der Waals surface area (Å²) in [4.78, 5) is 14.4. The Labute approximate surface area is 125 Å². The van der Waals surface area contributed by atoms with Gasteiger partial charge >= 0.3 is 6.03 Å². The van der Waals surface area contributed by atoms with E-state index in [1.807, 2.05) is 43.0 Å². The predicted octanol–water partition coefficient (Wildman–Crippen LogP) is 3.89. The van der Waals surface area contributed by atoms with Crippen molar-refractivity contribution in [1.82, 2.24) is 4.90 Å². The van der Waals surface area contributed by atoms with Crippen LogP contribution < -0.4 is 5.32 Å². The van der Waals surface area contributed by atoms with Crippen LogP contribution >= 0.6 is 0 Å². The molecule has 0 radical (unpaired) electrons. The van der Waals surface area contributed by atoms with Crippen LogP contribution in [0.25, 0.3) is 0 Å². The molecule has 21 heavy (non-hydrogen) atoms. The molecule has 1 heterocycles. The van der Waals surface area contributed by atoms with Crippen LogP contribution in [0.1, 0.15) is 22.3 Å². The van der Waals surface area contributed by atoms with E-state index in [-0.39, 0.29) is 6.03 Å². The lowest BCUT2D eigenvalue weighted by Crippen LogP contribution is -2.39. The van der Waals surface area contributed by atoms with Gasteiger partial charge in [-0.2, -0.15) is 0 Å². The Morgan fingerprint density at radius 1 is 1.00 bits per heavy atom. The van der Waals surface area contributed by atoms with Crippen LogP contribution in [0.4, 0.5) is 10.5 Å². The molecule has 2 aromatic carbocycles. The number of aryl methyl sites for hydroxylation is 2.